The van der Waals surface area contributed by atoms with E-state index < -0.39 is 11.6 Å². The minimum absolute atomic E-state index is 0.0476. The van der Waals surface area contributed by atoms with Gasteiger partial charge in [0.05, 0.1) is 4.90 Å². The average Bonchev–Trinajstić information content (AvgIpc) is 2.42. The average molecular weight is 279 g/mol. The summed E-state index contributed by atoms with van der Waals surface area (Å²) in [6, 6.07) is 12.0. The van der Waals surface area contributed by atoms with Crippen molar-refractivity contribution in [1.82, 2.24) is 5.32 Å². The maximum atomic E-state index is 13.9. The number of halogens is 2. The Morgan fingerprint density at radius 2 is 1.68 bits per heavy atom. The van der Waals surface area contributed by atoms with Gasteiger partial charge in [0.15, 0.2) is 0 Å². The van der Waals surface area contributed by atoms with E-state index in [4.69, 9.17) is 0 Å². The molecule has 0 unspecified atom stereocenters. The molecule has 1 N–H and O–H groups in total. The van der Waals surface area contributed by atoms with E-state index in [-0.39, 0.29) is 4.90 Å². The zero-order valence-corrected chi connectivity index (χ0v) is 11.4. The molecule has 0 bridgehead atoms. The van der Waals surface area contributed by atoms with Gasteiger partial charge in [-0.2, -0.15) is 0 Å². The molecule has 4 heteroatoms. The predicted molar refractivity (Wildman–Crippen MR) is 74.3 cm³/mol. The molecule has 100 valence electrons. The number of hydrogen-bond donors (Lipinski definition) is 1. The first-order valence-corrected chi connectivity index (χ1v) is 6.94. The largest absolute Gasteiger partial charge is 0.313 e. The van der Waals surface area contributed by atoms with Gasteiger partial charge in [0.25, 0.3) is 0 Å². The maximum absolute atomic E-state index is 13.9. The molecule has 0 aromatic heterocycles. The van der Waals surface area contributed by atoms with Crippen molar-refractivity contribution in [1.29, 1.82) is 0 Å². The number of rotatable bonds is 5. The summed E-state index contributed by atoms with van der Waals surface area (Å²) < 4.78 is 27.9. The Morgan fingerprint density at radius 3 is 2.26 bits per heavy atom. The molecule has 0 atom stereocenters. The van der Waals surface area contributed by atoms with Crippen LogP contribution in [0.2, 0.25) is 0 Å². The Bertz CT molecular complexity index is 520. The monoisotopic (exact) mass is 279 g/mol. The maximum Gasteiger partial charge on any atom is 0.140 e. The van der Waals surface area contributed by atoms with E-state index in [0.717, 1.165) is 23.2 Å². The molecule has 19 heavy (non-hydrogen) atoms. The van der Waals surface area contributed by atoms with Gasteiger partial charge in [-0.3, -0.25) is 0 Å². The summed E-state index contributed by atoms with van der Waals surface area (Å²) in [5.74, 6) is -1.02. The molecule has 2 aromatic rings. The first-order valence-electron chi connectivity index (χ1n) is 6.12. The summed E-state index contributed by atoms with van der Waals surface area (Å²) in [5, 5.41) is 3.05. The van der Waals surface area contributed by atoms with E-state index in [0.29, 0.717) is 12.1 Å². The van der Waals surface area contributed by atoms with Crippen LogP contribution in [-0.4, -0.2) is 6.54 Å². The van der Waals surface area contributed by atoms with Gasteiger partial charge in [-0.05, 0) is 36.4 Å². The van der Waals surface area contributed by atoms with Crippen molar-refractivity contribution in [2.45, 2.75) is 23.3 Å². The molecule has 0 saturated carbocycles. The second-order valence-corrected chi connectivity index (χ2v) is 5.17. The molecule has 0 radical (unpaired) electrons. The molecule has 0 aliphatic heterocycles. The van der Waals surface area contributed by atoms with E-state index in [1.807, 2.05) is 37.3 Å². The minimum Gasteiger partial charge on any atom is -0.313 e. The standard InChI is InChI=1S/C15H15F2NS/c1-2-18-10-11-8-13(16)15(14(17)9-11)19-12-6-4-3-5-7-12/h3-9,18H,2,10H2,1H3. The van der Waals surface area contributed by atoms with E-state index in [2.05, 4.69) is 5.32 Å². The lowest BCUT2D eigenvalue weighted by Crippen LogP contribution is -2.12. The Hall–Kier alpha value is -1.39. The SMILES string of the molecule is CCNCc1cc(F)c(Sc2ccccc2)c(F)c1. The third kappa shape index (κ3) is 3.78. The van der Waals surface area contributed by atoms with Gasteiger partial charge in [0.1, 0.15) is 11.6 Å². The Labute approximate surface area is 116 Å². The van der Waals surface area contributed by atoms with Gasteiger partial charge in [-0.25, -0.2) is 8.78 Å². The van der Waals surface area contributed by atoms with Crippen LogP contribution in [0.5, 0.6) is 0 Å². The Morgan fingerprint density at radius 1 is 1.05 bits per heavy atom. The fraction of sp³-hybridized carbons (Fsp3) is 0.200. The van der Waals surface area contributed by atoms with Gasteiger partial charge < -0.3 is 5.32 Å². The molecule has 0 heterocycles. The zero-order valence-electron chi connectivity index (χ0n) is 10.6. The highest BCUT2D eigenvalue weighted by Crippen LogP contribution is 2.32. The molecule has 1 nitrogen and oxygen atoms in total. The van der Waals surface area contributed by atoms with Crippen molar-refractivity contribution in [3.63, 3.8) is 0 Å². The molecule has 0 fully saturated rings. The summed E-state index contributed by atoms with van der Waals surface area (Å²) in [6.45, 7) is 3.19. The van der Waals surface area contributed by atoms with Crippen LogP contribution >= 0.6 is 11.8 Å². The highest BCUT2D eigenvalue weighted by atomic mass is 32.2. The van der Waals surface area contributed by atoms with Crippen molar-refractivity contribution >= 4 is 11.8 Å². The zero-order chi connectivity index (χ0) is 13.7. The molecule has 0 aliphatic rings. The normalized spacial score (nSPS) is 10.7. The quantitative estimate of drug-likeness (QED) is 0.879. The summed E-state index contributed by atoms with van der Waals surface area (Å²) in [4.78, 5) is 0.867. The fourth-order valence-electron chi connectivity index (χ4n) is 1.69. The van der Waals surface area contributed by atoms with Crippen molar-refractivity contribution in [2.75, 3.05) is 6.54 Å². The van der Waals surface area contributed by atoms with Crippen LogP contribution in [0.3, 0.4) is 0 Å². The smallest absolute Gasteiger partial charge is 0.140 e. The number of nitrogens with one attached hydrogen (secondary N) is 1. The molecule has 0 spiro atoms. The third-order valence-corrected chi connectivity index (χ3v) is 3.70. The van der Waals surface area contributed by atoms with Crippen molar-refractivity contribution in [2.24, 2.45) is 0 Å². The third-order valence-electron chi connectivity index (χ3n) is 2.60. The fourth-order valence-corrected chi connectivity index (χ4v) is 2.53. The summed E-state index contributed by atoms with van der Waals surface area (Å²) >= 11 is 1.10. The van der Waals surface area contributed by atoms with Crippen LogP contribution in [0.1, 0.15) is 12.5 Å². The van der Waals surface area contributed by atoms with Gasteiger partial charge in [-0.1, -0.05) is 36.9 Å². The molecule has 0 saturated heterocycles. The first-order chi connectivity index (χ1) is 9.20. The van der Waals surface area contributed by atoms with Crippen LogP contribution in [0.15, 0.2) is 52.3 Å². The van der Waals surface area contributed by atoms with Gasteiger partial charge >= 0.3 is 0 Å². The number of hydrogen-bond acceptors (Lipinski definition) is 2. The summed E-state index contributed by atoms with van der Waals surface area (Å²) in [6.07, 6.45) is 0. The lowest BCUT2D eigenvalue weighted by atomic mass is 10.2. The molecule has 0 amide bonds. The van der Waals surface area contributed by atoms with Gasteiger partial charge in [0, 0.05) is 11.4 Å². The second kappa shape index (κ2) is 6.68. The number of benzene rings is 2. The van der Waals surface area contributed by atoms with Crippen LogP contribution in [0.25, 0.3) is 0 Å². The van der Waals surface area contributed by atoms with Crippen molar-refractivity contribution in [3.8, 4) is 0 Å². The molecule has 2 aromatic carbocycles. The van der Waals surface area contributed by atoms with Crippen LogP contribution in [-0.2, 0) is 6.54 Å². The van der Waals surface area contributed by atoms with Crippen molar-refractivity contribution < 1.29 is 8.78 Å². The van der Waals surface area contributed by atoms with Gasteiger partial charge in [0.2, 0.25) is 0 Å². The molecule has 2 rings (SSSR count). The van der Waals surface area contributed by atoms with E-state index in [1.54, 1.807) is 0 Å². The summed E-state index contributed by atoms with van der Waals surface area (Å²) in [5.41, 5.74) is 0.620. The highest BCUT2D eigenvalue weighted by Gasteiger charge is 2.12. The molecular formula is C15H15F2NS. The van der Waals surface area contributed by atoms with E-state index >= 15 is 0 Å². The first kappa shape index (κ1) is 14.0. The lowest BCUT2D eigenvalue weighted by Gasteiger charge is -2.08. The second-order valence-electron chi connectivity index (χ2n) is 4.08. The van der Waals surface area contributed by atoms with Crippen LogP contribution in [0, 0.1) is 11.6 Å². The van der Waals surface area contributed by atoms with Crippen molar-refractivity contribution in [3.05, 3.63) is 59.7 Å². The van der Waals surface area contributed by atoms with Crippen LogP contribution < -0.4 is 5.32 Å². The lowest BCUT2D eigenvalue weighted by molar-refractivity contribution is 0.535. The molecule has 0 aliphatic carbocycles. The topological polar surface area (TPSA) is 12.0 Å². The summed E-state index contributed by atoms with van der Waals surface area (Å²) in [7, 11) is 0. The van der Waals surface area contributed by atoms with E-state index in [1.165, 1.54) is 12.1 Å². The van der Waals surface area contributed by atoms with Gasteiger partial charge in [-0.15, -0.1) is 0 Å². The molecular weight excluding hydrogens is 264 g/mol. The Balaban J connectivity index is 2.22. The van der Waals surface area contributed by atoms with Crippen LogP contribution in [0.4, 0.5) is 8.78 Å². The Kier molecular flexibility index (Phi) is 4.93. The minimum atomic E-state index is -0.512. The highest BCUT2D eigenvalue weighted by molar-refractivity contribution is 7.99. The predicted octanol–water partition coefficient (Wildman–Crippen LogP) is 4.23. The van der Waals surface area contributed by atoms with E-state index in [9.17, 15) is 8.78 Å².